The molecule has 0 aliphatic heterocycles. The maximum atomic E-state index is 12.4. The Bertz CT molecular complexity index is 579. The molecule has 5 atom stereocenters. The molecular formula is C27H47NO3. The van der Waals surface area contributed by atoms with E-state index < -0.39 is 0 Å². The number of hydrogen-bond donors (Lipinski definition) is 2. The number of rotatable bonds is 15. The lowest BCUT2D eigenvalue weighted by molar-refractivity contribution is -0.131. The Balaban J connectivity index is 1.73. The zero-order valence-electron chi connectivity index (χ0n) is 20.3. The lowest BCUT2D eigenvalue weighted by atomic mass is 9.88. The highest BCUT2D eigenvalue weighted by atomic mass is 16.3. The predicted molar refractivity (Wildman–Crippen MR) is 129 cm³/mol. The van der Waals surface area contributed by atoms with Crippen LogP contribution in [-0.4, -0.2) is 46.3 Å². The summed E-state index contributed by atoms with van der Waals surface area (Å²) in [6, 6.07) is 0. The lowest BCUT2D eigenvalue weighted by Crippen LogP contribution is -2.32. The van der Waals surface area contributed by atoms with Crippen LogP contribution >= 0.6 is 0 Å². The van der Waals surface area contributed by atoms with E-state index in [9.17, 15) is 15.0 Å². The summed E-state index contributed by atoms with van der Waals surface area (Å²) in [5.41, 5.74) is 1.51. The molecule has 0 aromatic rings. The van der Waals surface area contributed by atoms with Crippen LogP contribution in [0.25, 0.3) is 0 Å². The van der Waals surface area contributed by atoms with Gasteiger partial charge in [-0.05, 0) is 63.2 Å². The van der Waals surface area contributed by atoms with E-state index in [-0.39, 0.29) is 18.1 Å². The highest BCUT2D eigenvalue weighted by Crippen LogP contribution is 2.48. The van der Waals surface area contributed by atoms with Crippen LogP contribution in [0.4, 0.5) is 0 Å². The number of aliphatic hydroxyl groups is 2. The number of allylic oxidation sites excluding steroid dienone is 2. The summed E-state index contributed by atoms with van der Waals surface area (Å²) in [7, 11) is 0. The summed E-state index contributed by atoms with van der Waals surface area (Å²) in [6.07, 6.45) is 17.7. The van der Waals surface area contributed by atoms with Crippen LogP contribution in [0.1, 0.15) is 97.8 Å². The minimum atomic E-state index is -0.385. The Morgan fingerprint density at radius 1 is 1.13 bits per heavy atom. The highest BCUT2D eigenvalue weighted by Gasteiger charge is 2.43. The second-order valence-electron chi connectivity index (χ2n) is 9.77. The smallest absolute Gasteiger partial charge is 0.222 e. The quantitative estimate of drug-likeness (QED) is 0.260. The molecule has 0 heterocycles. The zero-order chi connectivity index (χ0) is 22.6. The Hall–Kier alpha value is -1.13. The highest BCUT2D eigenvalue weighted by molar-refractivity contribution is 5.76. The number of unbranched alkanes of at least 4 members (excludes halogenated alkanes) is 3. The van der Waals surface area contributed by atoms with Crippen LogP contribution in [0.5, 0.6) is 0 Å². The van der Waals surface area contributed by atoms with Crippen molar-refractivity contribution in [1.29, 1.82) is 0 Å². The van der Waals surface area contributed by atoms with Gasteiger partial charge in [-0.25, -0.2) is 0 Å². The molecule has 1 fully saturated rings. The van der Waals surface area contributed by atoms with Gasteiger partial charge in [0.05, 0.1) is 12.2 Å². The van der Waals surface area contributed by atoms with Gasteiger partial charge in [0.25, 0.3) is 0 Å². The minimum absolute atomic E-state index is 0.165. The lowest BCUT2D eigenvalue weighted by Gasteiger charge is -2.21. The monoisotopic (exact) mass is 433 g/mol. The molecule has 0 spiro atoms. The molecule has 178 valence electrons. The maximum absolute atomic E-state index is 12.4. The fourth-order valence-corrected chi connectivity index (χ4v) is 5.43. The van der Waals surface area contributed by atoms with Crippen LogP contribution in [0.3, 0.4) is 0 Å². The molecule has 0 aromatic carbocycles. The largest absolute Gasteiger partial charge is 0.392 e. The molecular weight excluding hydrogens is 386 g/mol. The van der Waals surface area contributed by atoms with E-state index in [0.717, 1.165) is 77.3 Å². The first kappa shape index (κ1) is 26.1. The Labute approximate surface area is 190 Å². The van der Waals surface area contributed by atoms with Gasteiger partial charge >= 0.3 is 0 Å². The molecule has 0 radical (unpaired) electrons. The standard InChI is InChI=1S/C27H47NO3/c1-4-7-8-12-23(29)14-15-24-25-19-21(18-22(25)20-26(24)30)11-9-10-13-27(31)28(16-5-2)17-6-3/h14-15,18,22-26,29-30H,4-13,16-17,19-20H2,1-3H3/b15-14+/t22-,23-,24+,25-,26+/m0/s1. The molecule has 4 nitrogen and oxygen atoms in total. The number of nitrogens with zero attached hydrogens (tertiary/aromatic N) is 1. The van der Waals surface area contributed by atoms with Gasteiger partial charge in [-0.2, -0.15) is 0 Å². The summed E-state index contributed by atoms with van der Waals surface area (Å²) < 4.78 is 0. The minimum Gasteiger partial charge on any atom is -0.392 e. The third kappa shape index (κ3) is 8.38. The van der Waals surface area contributed by atoms with Gasteiger partial charge in [0, 0.05) is 25.4 Å². The second-order valence-corrected chi connectivity index (χ2v) is 9.77. The van der Waals surface area contributed by atoms with E-state index in [2.05, 4.69) is 32.9 Å². The Morgan fingerprint density at radius 3 is 2.55 bits per heavy atom. The van der Waals surface area contributed by atoms with Crippen molar-refractivity contribution in [2.24, 2.45) is 17.8 Å². The van der Waals surface area contributed by atoms with Crippen molar-refractivity contribution in [3.63, 3.8) is 0 Å². The molecule has 2 rings (SSSR count). The maximum Gasteiger partial charge on any atom is 0.222 e. The first-order chi connectivity index (χ1) is 15.0. The summed E-state index contributed by atoms with van der Waals surface area (Å²) in [5.74, 6) is 1.43. The number of carbonyl (C=O) groups excluding carboxylic acids is 1. The van der Waals surface area contributed by atoms with Crippen molar-refractivity contribution in [3.8, 4) is 0 Å². The molecule has 2 N–H and O–H groups in total. The number of amides is 1. The first-order valence-corrected chi connectivity index (χ1v) is 13.0. The van der Waals surface area contributed by atoms with E-state index in [0.29, 0.717) is 24.2 Å². The SMILES string of the molecule is CCCCC[C@H](O)/C=C/[C@@H]1[C@H]2CC(CCCCC(=O)N(CCC)CCC)=C[C@H]2C[C@H]1O. The Morgan fingerprint density at radius 2 is 1.87 bits per heavy atom. The number of fused-ring (bicyclic) bond motifs is 1. The summed E-state index contributed by atoms with van der Waals surface area (Å²) in [4.78, 5) is 14.4. The molecule has 1 saturated carbocycles. The van der Waals surface area contributed by atoms with E-state index in [1.807, 2.05) is 11.0 Å². The van der Waals surface area contributed by atoms with Crippen molar-refractivity contribution in [1.82, 2.24) is 4.90 Å². The average molecular weight is 434 g/mol. The molecule has 2 aliphatic carbocycles. The van der Waals surface area contributed by atoms with Gasteiger partial charge < -0.3 is 15.1 Å². The second kappa shape index (κ2) is 14.1. The molecule has 0 aromatic heterocycles. The van der Waals surface area contributed by atoms with Crippen molar-refractivity contribution in [2.45, 2.75) is 110 Å². The molecule has 0 bridgehead atoms. The first-order valence-electron chi connectivity index (χ1n) is 13.0. The summed E-state index contributed by atoms with van der Waals surface area (Å²) in [6.45, 7) is 8.20. The normalized spacial score (nSPS) is 26.3. The van der Waals surface area contributed by atoms with Gasteiger partial charge in [0.15, 0.2) is 0 Å². The molecule has 31 heavy (non-hydrogen) atoms. The van der Waals surface area contributed by atoms with Crippen molar-refractivity contribution >= 4 is 5.91 Å². The molecule has 0 saturated heterocycles. The van der Waals surface area contributed by atoms with E-state index in [1.54, 1.807) is 0 Å². The van der Waals surface area contributed by atoms with Crippen LogP contribution in [0.15, 0.2) is 23.8 Å². The third-order valence-electron chi connectivity index (χ3n) is 7.09. The van der Waals surface area contributed by atoms with E-state index in [4.69, 9.17) is 0 Å². The van der Waals surface area contributed by atoms with E-state index in [1.165, 1.54) is 12.0 Å². The number of aliphatic hydroxyl groups excluding tert-OH is 2. The molecule has 2 aliphatic rings. The van der Waals surface area contributed by atoms with Crippen molar-refractivity contribution in [3.05, 3.63) is 23.8 Å². The molecule has 0 unspecified atom stereocenters. The molecule has 4 heteroatoms. The van der Waals surface area contributed by atoms with Gasteiger partial charge in [0.2, 0.25) is 5.91 Å². The zero-order valence-corrected chi connectivity index (χ0v) is 20.3. The van der Waals surface area contributed by atoms with Gasteiger partial charge in [-0.1, -0.05) is 63.8 Å². The number of hydrogen-bond acceptors (Lipinski definition) is 3. The molecule has 1 amide bonds. The topological polar surface area (TPSA) is 60.8 Å². The van der Waals surface area contributed by atoms with E-state index >= 15 is 0 Å². The van der Waals surface area contributed by atoms with Crippen LogP contribution in [0.2, 0.25) is 0 Å². The van der Waals surface area contributed by atoms with Crippen LogP contribution < -0.4 is 0 Å². The number of carbonyl (C=O) groups is 1. The van der Waals surface area contributed by atoms with Crippen LogP contribution in [-0.2, 0) is 4.79 Å². The van der Waals surface area contributed by atoms with Crippen LogP contribution in [0, 0.1) is 17.8 Å². The predicted octanol–water partition coefficient (Wildman–Crippen LogP) is 5.64. The fraction of sp³-hybridized carbons (Fsp3) is 0.815. The Kier molecular flexibility index (Phi) is 11.9. The van der Waals surface area contributed by atoms with Gasteiger partial charge in [0.1, 0.15) is 0 Å². The average Bonchev–Trinajstić information content (AvgIpc) is 3.25. The summed E-state index contributed by atoms with van der Waals surface area (Å²) >= 11 is 0. The van der Waals surface area contributed by atoms with Gasteiger partial charge in [-0.15, -0.1) is 0 Å². The fourth-order valence-electron chi connectivity index (χ4n) is 5.43. The third-order valence-corrected chi connectivity index (χ3v) is 7.09. The van der Waals surface area contributed by atoms with Crippen molar-refractivity contribution < 1.29 is 15.0 Å². The van der Waals surface area contributed by atoms with Crippen molar-refractivity contribution in [2.75, 3.05) is 13.1 Å². The van der Waals surface area contributed by atoms with Gasteiger partial charge in [-0.3, -0.25) is 4.79 Å². The summed E-state index contributed by atoms with van der Waals surface area (Å²) in [5, 5.41) is 20.7.